The van der Waals surface area contributed by atoms with E-state index in [0.29, 0.717) is 11.3 Å². The number of ether oxygens (including phenoxy) is 1. The lowest BCUT2D eigenvalue weighted by Gasteiger charge is -2.15. The highest BCUT2D eigenvalue weighted by molar-refractivity contribution is 5.83. The number of hydrazone groups is 1. The van der Waals surface area contributed by atoms with Gasteiger partial charge < -0.3 is 19.5 Å². The molecule has 0 bridgehead atoms. The molecule has 0 aliphatic rings. The van der Waals surface area contributed by atoms with Crippen LogP contribution in [-0.4, -0.2) is 48.2 Å². The van der Waals surface area contributed by atoms with Crippen molar-refractivity contribution in [1.29, 1.82) is 0 Å². The number of anilines is 1. The van der Waals surface area contributed by atoms with E-state index in [4.69, 9.17) is 4.74 Å². The summed E-state index contributed by atoms with van der Waals surface area (Å²) in [7, 11) is 1.47. The molecule has 0 radical (unpaired) electrons. The molecule has 33 heavy (non-hydrogen) atoms. The number of aliphatic hydroxyl groups excluding tert-OH is 1. The maximum Gasteiger partial charge on any atom is 0.329 e. The van der Waals surface area contributed by atoms with Gasteiger partial charge in [0.05, 0.1) is 12.8 Å². The van der Waals surface area contributed by atoms with Crippen LogP contribution in [0.1, 0.15) is 5.56 Å². The summed E-state index contributed by atoms with van der Waals surface area (Å²) in [5.74, 6) is 0.768. The molecule has 4 aromatic rings. The van der Waals surface area contributed by atoms with E-state index in [1.54, 1.807) is 30.3 Å². The standard InChI is InChI=1S/C22H22N6O5/c1-27-19-18(20(31)25-22(27)32)28(12-15(29)13-33-16-8-3-2-4-9-16)21(24-19)26-23-11-14-7-5-6-10-17(14)30/h2-11,15,29-30H,12-13H2,1H3,(H,24,26)(H,25,31,32)/t15-/m1/s1. The number of aromatic amines is 1. The SMILES string of the molecule is Cn1c(=O)[nH]c(=O)c2c1nc(NN=Cc1ccccc1O)n2C[C@@H](O)COc1ccccc1. The Hall–Kier alpha value is -4.38. The van der Waals surface area contributed by atoms with E-state index < -0.39 is 17.4 Å². The smallest absolute Gasteiger partial charge is 0.329 e. The quantitative estimate of drug-likeness (QED) is 0.231. The predicted molar refractivity (Wildman–Crippen MR) is 123 cm³/mol. The molecule has 0 fully saturated rings. The average molecular weight is 450 g/mol. The molecule has 11 nitrogen and oxygen atoms in total. The lowest BCUT2D eigenvalue weighted by atomic mass is 10.2. The number of rotatable bonds is 8. The summed E-state index contributed by atoms with van der Waals surface area (Å²) in [6, 6.07) is 15.6. The third kappa shape index (κ3) is 4.77. The number of para-hydroxylation sites is 2. The number of aromatic hydroxyl groups is 1. The Balaban J connectivity index is 1.64. The van der Waals surface area contributed by atoms with Gasteiger partial charge in [0, 0.05) is 12.6 Å². The number of hydrogen-bond donors (Lipinski definition) is 4. The van der Waals surface area contributed by atoms with Gasteiger partial charge in [0.15, 0.2) is 11.2 Å². The second kappa shape index (κ2) is 9.40. The molecule has 0 spiro atoms. The van der Waals surface area contributed by atoms with Crippen LogP contribution in [0.2, 0.25) is 0 Å². The minimum Gasteiger partial charge on any atom is -0.507 e. The number of aromatic nitrogens is 4. The van der Waals surface area contributed by atoms with Crippen LogP contribution in [0.5, 0.6) is 11.5 Å². The van der Waals surface area contributed by atoms with Gasteiger partial charge in [-0.25, -0.2) is 10.2 Å². The lowest BCUT2D eigenvalue weighted by molar-refractivity contribution is 0.0938. The summed E-state index contributed by atoms with van der Waals surface area (Å²) in [6.07, 6.45) is 0.388. The second-order valence-electron chi connectivity index (χ2n) is 7.24. The van der Waals surface area contributed by atoms with E-state index in [2.05, 4.69) is 20.5 Å². The van der Waals surface area contributed by atoms with E-state index >= 15 is 0 Å². The van der Waals surface area contributed by atoms with Crippen LogP contribution in [0.15, 0.2) is 69.3 Å². The maximum atomic E-state index is 12.5. The van der Waals surface area contributed by atoms with Crippen LogP contribution < -0.4 is 21.4 Å². The highest BCUT2D eigenvalue weighted by atomic mass is 16.5. The molecule has 0 aliphatic heterocycles. The van der Waals surface area contributed by atoms with Gasteiger partial charge in [-0.3, -0.25) is 14.3 Å². The van der Waals surface area contributed by atoms with Crippen molar-refractivity contribution < 1.29 is 14.9 Å². The number of H-pyrrole nitrogens is 1. The predicted octanol–water partition coefficient (Wildman–Crippen LogP) is 1.01. The van der Waals surface area contributed by atoms with Crippen LogP contribution >= 0.6 is 0 Å². The molecule has 4 rings (SSSR count). The molecule has 0 saturated carbocycles. The number of nitrogens with zero attached hydrogens (tertiary/aromatic N) is 4. The van der Waals surface area contributed by atoms with Gasteiger partial charge in [-0.1, -0.05) is 30.3 Å². The number of aliphatic hydroxyl groups is 1. The van der Waals surface area contributed by atoms with Gasteiger partial charge >= 0.3 is 5.69 Å². The lowest BCUT2D eigenvalue weighted by Crippen LogP contribution is -2.30. The summed E-state index contributed by atoms with van der Waals surface area (Å²) >= 11 is 0. The van der Waals surface area contributed by atoms with Crippen molar-refractivity contribution in [3.63, 3.8) is 0 Å². The van der Waals surface area contributed by atoms with Crippen molar-refractivity contribution in [3.8, 4) is 11.5 Å². The topological polar surface area (TPSA) is 147 Å². The summed E-state index contributed by atoms with van der Waals surface area (Å²) in [6.45, 7) is -0.0903. The first-order chi connectivity index (χ1) is 15.9. The average Bonchev–Trinajstić information content (AvgIpc) is 3.17. The molecule has 0 unspecified atom stereocenters. The Labute approximate surface area is 187 Å². The third-order valence-corrected chi connectivity index (χ3v) is 4.89. The molecule has 170 valence electrons. The Bertz CT molecular complexity index is 1410. The van der Waals surface area contributed by atoms with Crippen LogP contribution in [0.4, 0.5) is 5.95 Å². The van der Waals surface area contributed by atoms with Crippen molar-refractivity contribution in [1.82, 2.24) is 19.1 Å². The third-order valence-electron chi connectivity index (χ3n) is 4.89. The molecule has 2 aromatic heterocycles. The van der Waals surface area contributed by atoms with Crippen molar-refractivity contribution in [3.05, 3.63) is 81.0 Å². The van der Waals surface area contributed by atoms with Gasteiger partial charge in [-0.2, -0.15) is 10.1 Å². The fourth-order valence-electron chi connectivity index (χ4n) is 3.23. The van der Waals surface area contributed by atoms with E-state index in [1.165, 1.54) is 28.5 Å². The monoisotopic (exact) mass is 450 g/mol. The number of benzene rings is 2. The van der Waals surface area contributed by atoms with E-state index in [0.717, 1.165) is 0 Å². The summed E-state index contributed by atoms with van der Waals surface area (Å²) in [4.78, 5) is 31.1. The van der Waals surface area contributed by atoms with Crippen molar-refractivity contribution in [2.75, 3.05) is 12.0 Å². The number of hydrogen-bond acceptors (Lipinski definition) is 8. The molecule has 2 heterocycles. The van der Waals surface area contributed by atoms with Crippen molar-refractivity contribution in [2.45, 2.75) is 12.6 Å². The van der Waals surface area contributed by atoms with Gasteiger partial charge in [-0.15, -0.1) is 0 Å². The number of phenolic OH excluding ortho intramolecular Hbond substituents is 1. The molecule has 4 N–H and O–H groups in total. The zero-order chi connectivity index (χ0) is 23.4. The Morgan fingerprint density at radius 2 is 1.91 bits per heavy atom. The number of imidazole rings is 1. The minimum atomic E-state index is -0.998. The number of phenols is 1. The zero-order valence-electron chi connectivity index (χ0n) is 17.7. The largest absolute Gasteiger partial charge is 0.507 e. The van der Waals surface area contributed by atoms with Gasteiger partial charge in [-0.05, 0) is 24.3 Å². The molecule has 0 amide bonds. The van der Waals surface area contributed by atoms with Crippen LogP contribution in [0, 0.1) is 0 Å². The van der Waals surface area contributed by atoms with Crippen LogP contribution in [-0.2, 0) is 13.6 Å². The van der Waals surface area contributed by atoms with E-state index in [-0.39, 0.29) is 36.0 Å². The Kier molecular flexibility index (Phi) is 6.22. The number of fused-ring (bicyclic) bond motifs is 1. The Morgan fingerprint density at radius 1 is 1.18 bits per heavy atom. The molecular weight excluding hydrogens is 428 g/mol. The normalized spacial score (nSPS) is 12.3. The highest BCUT2D eigenvalue weighted by Gasteiger charge is 2.20. The fraction of sp³-hybridized carbons (Fsp3) is 0.182. The van der Waals surface area contributed by atoms with Crippen molar-refractivity contribution >= 4 is 23.3 Å². The molecular formula is C22H22N6O5. The zero-order valence-corrected chi connectivity index (χ0v) is 17.7. The Morgan fingerprint density at radius 3 is 2.67 bits per heavy atom. The maximum absolute atomic E-state index is 12.5. The summed E-state index contributed by atoms with van der Waals surface area (Å²) < 4.78 is 8.21. The molecule has 2 aromatic carbocycles. The van der Waals surface area contributed by atoms with E-state index in [1.807, 2.05) is 18.2 Å². The fourth-order valence-corrected chi connectivity index (χ4v) is 3.23. The van der Waals surface area contributed by atoms with E-state index in [9.17, 15) is 19.8 Å². The molecule has 11 heteroatoms. The summed E-state index contributed by atoms with van der Waals surface area (Å²) in [5.41, 5.74) is 2.15. The van der Waals surface area contributed by atoms with Gasteiger partial charge in [0.1, 0.15) is 24.2 Å². The number of nitrogens with one attached hydrogen (secondary N) is 2. The number of aryl methyl sites for hydroxylation is 1. The first-order valence-corrected chi connectivity index (χ1v) is 10.1. The van der Waals surface area contributed by atoms with Crippen LogP contribution in [0.25, 0.3) is 11.2 Å². The first kappa shape index (κ1) is 21.8. The van der Waals surface area contributed by atoms with Crippen molar-refractivity contribution in [2.24, 2.45) is 12.1 Å². The molecule has 0 saturated heterocycles. The van der Waals surface area contributed by atoms with Gasteiger partial charge in [0.25, 0.3) is 5.56 Å². The highest BCUT2D eigenvalue weighted by Crippen LogP contribution is 2.18. The molecule has 0 aliphatic carbocycles. The van der Waals surface area contributed by atoms with Crippen LogP contribution in [0.3, 0.4) is 0 Å². The minimum absolute atomic E-state index is 0.0338. The molecule has 1 atom stereocenters. The van der Waals surface area contributed by atoms with Gasteiger partial charge in [0.2, 0.25) is 5.95 Å². The first-order valence-electron chi connectivity index (χ1n) is 10.1. The second-order valence-corrected chi connectivity index (χ2v) is 7.24. The summed E-state index contributed by atoms with van der Waals surface area (Å²) in [5, 5.41) is 24.5.